The summed E-state index contributed by atoms with van der Waals surface area (Å²) >= 11 is 0. The Balaban J connectivity index is 1.92. The zero-order valence-corrected chi connectivity index (χ0v) is 13.5. The number of carbonyl (C=O) groups is 1. The van der Waals surface area contributed by atoms with E-state index in [1.807, 2.05) is 7.05 Å². The van der Waals surface area contributed by atoms with Gasteiger partial charge in [0.15, 0.2) is 0 Å². The minimum absolute atomic E-state index is 0.116. The number of hydrogen-bond acceptors (Lipinski definition) is 4. The predicted octanol–water partition coefficient (Wildman–Crippen LogP) is 1.25. The molecule has 5 nitrogen and oxygen atoms in total. The minimum Gasteiger partial charge on any atom is -0.388 e. The fraction of sp³-hybridized carbons (Fsp3) is 0.938. The molecule has 1 aliphatic carbocycles. The Bertz CT molecular complexity index is 331. The summed E-state index contributed by atoms with van der Waals surface area (Å²) in [6.45, 7) is 2.53. The summed E-state index contributed by atoms with van der Waals surface area (Å²) < 4.78 is 5.40. The van der Waals surface area contributed by atoms with E-state index in [1.165, 1.54) is 19.3 Å². The predicted molar refractivity (Wildman–Crippen MR) is 82.1 cm³/mol. The molecule has 0 radical (unpaired) electrons. The lowest BCUT2D eigenvalue weighted by atomic mass is 10.0. The second-order valence-electron chi connectivity index (χ2n) is 6.46. The summed E-state index contributed by atoms with van der Waals surface area (Å²) in [6, 6.07) is -0.116. The molecule has 0 bridgehead atoms. The van der Waals surface area contributed by atoms with Gasteiger partial charge in [-0.1, -0.05) is 19.3 Å². The van der Waals surface area contributed by atoms with Crippen molar-refractivity contribution in [3.63, 3.8) is 0 Å². The standard InChI is InChI=1S/C16H30N2O3/c1-17(15(19)12-18-10-6-3-7-11-18)13-8-4-5-9-14(21-2)16(13)20/h13-14,16,20H,3-12H2,1-2H3/t13-,14-,16-/m1/s1. The monoisotopic (exact) mass is 298 g/mol. The lowest BCUT2D eigenvalue weighted by Gasteiger charge is -2.35. The topological polar surface area (TPSA) is 53.0 Å². The van der Waals surface area contributed by atoms with E-state index < -0.39 is 6.10 Å². The number of rotatable bonds is 4. The van der Waals surface area contributed by atoms with E-state index in [9.17, 15) is 9.90 Å². The first kappa shape index (κ1) is 16.7. The van der Waals surface area contributed by atoms with Crippen LogP contribution in [0, 0.1) is 0 Å². The first-order valence-electron chi connectivity index (χ1n) is 8.32. The maximum atomic E-state index is 12.5. The highest BCUT2D eigenvalue weighted by Crippen LogP contribution is 2.24. The quantitative estimate of drug-likeness (QED) is 0.794. The molecule has 2 aliphatic rings. The Morgan fingerprint density at radius 1 is 1.19 bits per heavy atom. The zero-order chi connectivity index (χ0) is 15.2. The first-order chi connectivity index (χ1) is 10.1. The Kier molecular flexibility index (Phi) is 6.45. The summed E-state index contributed by atoms with van der Waals surface area (Å²) in [6.07, 6.45) is 6.77. The summed E-state index contributed by atoms with van der Waals surface area (Å²) in [4.78, 5) is 16.5. The molecule has 21 heavy (non-hydrogen) atoms. The van der Waals surface area contributed by atoms with Gasteiger partial charge in [-0.05, 0) is 38.8 Å². The highest BCUT2D eigenvalue weighted by atomic mass is 16.5. The van der Waals surface area contributed by atoms with Crippen LogP contribution in [0.4, 0.5) is 0 Å². The molecule has 1 N–H and O–H groups in total. The lowest BCUT2D eigenvalue weighted by molar-refractivity contribution is -0.138. The maximum absolute atomic E-state index is 12.5. The Morgan fingerprint density at radius 2 is 1.86 bits per heavy atom. The van der Waals surface area contributed by atoms with Crippen LogP contribution in [-0.4, -0.2) is 72.9 Å². The third-order valence-electron chi connectivity index (χ3n) is 5.01. The number of aliphatic hydroxyl groups excluding tert-OH is 1. The van der Waals surface area contributed by atoms with Gasteiger partial charge in [-0.2, -0.15) is 0 Å². The van der Waals surface area contributed by atoms with Gasteiger partial charge in [-0.3, -0.25) is 9.69 Å². The highest BCUT2D eigenvalue weighted by Gasteiger charge is 2.34. The van der Waals surface area contributed by atoms with E-state index in [1.54, 1.807) is 12.0 Å². The van der Waals surface area contributed by atoms with E-state index in [0.29, 0.717) is 6.54 Å². The van der Waals surface area contributed by atoms with E-state index >= 15 is 0 Å². The van der Waals surface area contributed by atoms with Crippen molar-refractivity contribution in [2.75, 3.05) is 33.8 Å². The Hall–Kier alpha value is -0.650. The second-order valence-corrected chi connectivity index (χ2v) is 6.46. The van der Waals surface area contributed by atoms with Crippen LogP contribution in [0.25, 0.3) is 0 Å². The summed E-state index contributed by atoms with van der Waals surface area (Å²) in [5.74, 6) is 0.123. The van der Waals surface area contributed by atoms with E-state index in [4.69, 9.17) is 4.74 Å². The molecule has 3 atom stereocenters. The number of likely N-dealkylation sites (N-methyl/N-ethyl adjacent to an activating group) is 1. The molecule has 1 aliphatic heterocycles. The number of amides is 1. The van der Waals surface area contributed by atoms with Gasteiger partial charge >= 0.3 is 0 Å². The van der Waals surface area contributed by atoms with Crippen molar-refractivity contribution in [3.8, 4) is 0 Å². The molecule has 1 saturated carbocycles. The van der Waals surface area contributed by atoms with Gasteiger partial charge < -0.3 is 14.7 Å². The number of likely N-dealkylation sites (tertiary alicyclic amines) is 1. The average Bonchev–Trinajstić information content (AvgIpc) is 2.69. The molecule has 2 rings (SSSR count). The van der Waals surface area contributed by atoms with E-state index in [-0.39, 0.29) is 18.1 Å². The van der Waals surface area contributed by atoms with Crippen molar-refractivity contribution in [2.45, 2.75) is 63.2 Å². The fourth-order valence-corrected chi connectivity index (χ4v) is 3.57. The number of methoxy groups -OCH3 is 1. The van der Waals surface area contributed by atoms with Crippen LogP contribution in [0.3, 0.4) is 0 Å². The number of ether oxygens (including phenoxy) is 1. The van der Waals surface area contributed by atoms with Gasteiger partial charge in [0.25, 0.3) is 0 Å². The number of hydrogen-bond donors (Lipinski definition) is 1. The first-order valence-corrected chi connectivity index (χ1v) is 8.32. The summed E-state index contributed by atoms with van der Waals surface area (Å²) in [5, 5.41) is 10.5. The molecule has 1 saturated heterocycles. The van der Waals surface area contributed by atoms with Gasteiger partial charge in [-0.25, -0.2) is 0 Å². The third-order valence-corrected chi connectivity index (χ3v) is 5.01. The van der Waals surface area contributed by atoms with Crippen molar-refractivity contribution in [3.05, 3.63) is 0 Å². The lowest BCUT2D eigenvalue weighted by Crippen LogP contribution is -2.51. The number of aliphatic hydroxyl groups is 1. The van der Waals surface area contributed by atoms with Crippen molar-refractivity contribution >= 4 is 5.91 Å². The van der Waals surface area contributed by atoms with Crippen LogP contribution in [0.2, 0.25) is 0 Å². The SMILES string of the molecule is CO[C@@H]1CCCC[C@@H](N(C)C(=O)CN2CCCCC2)[C@H]1O. The molecule has 0 spiro atoms. The van der Waals surface area contributed by atoms with Crippen molar-refractivity contribution in [1.82, 2.24) is 9.80 Å². The summed E-state index contributed by atoms with van der Waals surface area (Å²) in [7, 11) is 3.48. The molecular weight excluding hydrogens is 268 g/mol. The maximum Gasteiger partial charge on any atom is 0.236 e. The molecule has 0 aromatic rings. The molecule has 0 aromatic carbocycles. The number of carbonyl (C=O) groups excluding carboxylic acids is 1. The molecule has 1 heterocycles. The van der Waals surface area contributed by atoms with Crippen molar-refractivity contribution in [2.24, 2.45) is 0 Å². The van der Waals surface area contributed by atoms with Crippen molar-refractivity contribution < 1.29 is 14.6 Å². The molecule has 0 unspecified atom stereocenters. The van der Waals surface area contributed by atoms with Gasteiger partial charge in [0.2, 0.25) is 5.91 Å². The van der Waals surface area contributed by atoms with Gasteiger partial charge in [0.1, 0.15) is 6.10 Å². The average molecular weight is 298 g/mol. The van der Waals surface area contributed by atoms with Crippen LogP contribution in [0.15, 0.2) is 0 Å². The van der Waals surface area contributed by atoms with Crippen LogP contribution in [-0.2, 0) is 9.53 Å². The largest absolute Gasteiger partial charge is 0.388 e. The van der Waals surface area contributed by atoms with Gasteiger partial charge in [0, 0.05) is 14.2 Å². The normalized spacial score (nSPS) is 31.7. The van der Waals surface area contributed by atoms with Crippen LogP contribution in [0.1, 0.15) is 44.9 Å². The van der Waals surface area contributed by atoms with Crippen LogP contribution < -0.4 is 0 Å². The Labute approximate surface area is 128 Å². The zero-order valence-electron chi connectivity index (χ0n) is 13.5. The van der Waals surface area contributed by atoms with Gasteiger partial charge in [-0.15, -0.1) is 0 Å². The fourth-order valence-electron chi connectivity index (χ4n) is 3.57. The number of piperidine rings is 1. The van der Waals surface area contributed by atoms with Crippen LogP contribution >= 0.6 is 0 Å². The van der Waals surface area contributed by atoms with Crippen LogP contribution in [0.5, 0.6) is 0 Å². The van der Waals surface area contributed by atoms with E-state index in [0.717, 1.165) is 38.8 Å². The third kappa shape index (κ3) is 4.41. The molecule has 1 amide bonds. The molecule has 0 aromatic heterocycles. The second kappa shape index (κ2) is 8.11. The molecule has 5 heteroatoms. The summed E-state index contributed by atoms with van der Waals surface area (Å²) in [5.41, 5.74) is 0. The molecular formula is C16H30N2O3. The Morgan fingerprint density at radius 3 is 2.52 bits per heavy atom. The smallest absolute Gasteiger partial charge is 0.236 e. The molecule has 2 fully saturated rings. The number of nitrogens with zero attached hydrogens (tertiary/aromatic N) is 2. The van der Waals surface area contributed by atoms with E-state index in [2.05, 4.69) is 4.90 Å². The van der Waals surface area contributed by atoms with Gasteiger partial charge in [0.05, 0.1) is 18.7 Å². The minimum atomic E-state index is -0.576. The molecule has 122 valence electrons. The highest BCUT2D eigenvalue weighted by molar-refractivity contribution is 5.78. The van der Waals surface area contributed by atoms with Crippen molar-refractivity contribution in [1.29, 1.82) is 0 Å².